The molecule has 4 heteroatoms. The van der Waals surface area contributed by atoms with Crippen LogP contribution in [0.1, 0.15) is 30.6 Å². The number of Topliss-reactive ketones (excluding diaryl/α,β-unsaturated/α-hetero) is 1. The smallest absolute Gasteiger partial charge is 0.162 e. The van der Waals surface area contributed by atoms with Crippen LogP contribution < -0.4 is 0 Å². The number of carbonyl (C=O) groups excluding carboxylic acids is 1. The molecule has 1 heterocycles. The highest BCUT2D eigenvalue weighted by molar-refractivity contribution is 5.99. The van der Waals surface area contributed by atoms with Crippen LogP contribution in [0, 0.1) is 0 Å². The molecule has 0 unspecified atom stereocenters. The topological polar surface area (TPSA) is 34.9 Å². The number of hydrogen-bond donors (Lipinski definition) is 0. The number of rotatable bonds is 6. The van der Waals surface area contributed by atoms with Crippen molar-refractivity contribution < 1.29 is 9.18 Å². The van der Waals surface area contributed by atoms with Gasteiger partial charge in [-0.3, -0.25) is 9.48 Å². The summed E-state index contributed by atoms with van der Waals surface area (Å²) in [6.07, 6.45) is 7.15. The number of aromatic nitrogens is 2. The van der Waals surface area contributed by atoms with E-state index < -0.39 is 5.83 Å². The van der Waals surface area contributed by atoms with Crippen LogP contribution in [0.15, 0.2) is 60.6 Å². The maximum Gasteiger partial charge on any atom is 0.162 e. The van der Waals surface area contributed by atoms with Crippen LogP contribution >= 0.6 is 0 Å². The fourth-order valence-electron chi connectivity index (χ4n) is 2.20. The Morgan fingerprint density at radius 3 is 2.82 bits per heavy atom. The Hall–Kier alpha value is -2.49. The summed E-state index contributed by atoms with van der Waals surface area (Å²) in [5, 5.41) is 5.28. The summed E-state index contributed by atoms with van der Waals surface area (Å²) in [5.74, 6) is -0.361. The zero-order chi connectivity index (χ0) is 16.1. The number of ketones is 1. The average molecular weight is 298 g/mol. The van der Waals surface area contributed by atoms with Crippen LogP contribution in [0.2, 0.25) is 0 Å². The summed E-state index contributed by atoms with van der Waals surface area (Å²) in [5.41, 5.74) is 2.58. The molecule has 0 bridgehead atoms. The highest BCUT2D eigenvalue weighted by Crippen LogP contribution is 2.18. The van der Waals surface area contributed by atoms with E-state index in [2.05, 4.69) is 11.7 Å². The molecular formula is C18H19FN2O. The Balaban J connectivity index is 2.29. The predicted octanol–water partition coefficient (Wildman–Crippen LogP) is 4.61. The van der Waals surface area contributed by atoms with Crippen LogP contribution in [-0.4, -0.2) is 15.6 Å². The van der Waals surface area contributed by atoms with Gasteiger partial charge in [-0.2, -0.15) is 5.10 Å². The molecule has 114 valence electrons. The minimum atomic E-state index is -0.479. The molecule has 1 aromatic heterocycles. The Kier molecular flexibility index (Phi) is 5.04. The van der Waals surface area contributed by atoms with Crippen molar-refractivity contribution in [3.63, 3.8) is 0 Å². The molecule has 0 fully saturated rings. The van der Waals surface area contributed by atoms with Gasteiger partial charge in [0.2, 0.25) is 0 Å². The zero-order valence-electron chi connectivity index (χ0n) is 12.8. The normalized spacial score (nSPS) is 12.2. The van der Waals surface area contributed by atoms with E-state index in [1.54, 1.807) is 12.3 Å². The number of carbonyl (C=O) groups is 1. The van der Waals surface area contributed by atoms with Crippen LogP contribution in [0.25, 0.3) is 10.9 Å². The molecular weight excluding hydrogens is 279 g/mol. The van der Waals surface area contributed by atoms with E-state index in [-0.39, 0.29) is 5.78 Å². The minimum Gasteiger partial charge on any atom is -0.294 e. The molecule has 0 saturated carbocycles. The second-order valence-corrected chi connectivity index (χ2v) is 5.00. The first-order valence-corrected chi connectivity index (χ1v) is 7.21. The summed E-state index contributed by atoms with van der Waals surface area (Å²) in [6.45, 7) is 7.48. The number of halogens is 1. The standard InChI is InChI=1S/C18H19FN2O/c1-4-14(7-6-13(3)19)12-21-17-9-8-15(18(22)5-2)10-16(17)11-20-21/h4,6-11H,3,5,12H2,1-2H3/b7-6-,14-4+. The maximum atomic E-state index is 12.7. The van der Waals surface area contributed by atoms with Gasteiger partial charge in [-0.05, 0) is 36.8 Å². The van der Waals surface area contributed by atoms with E-state index in [4.69, 9.17) is 0 Å². The first-order chi connectivity index (χ1) is 10.5. The molecule has 0 N–H and O–H groups in total. The molecule has 0 aliphatic rings. The highest BCUT2D eigenvalue weighted by Gasteiger charge is 2.08. The van der Waals surface area contributed by atoms with Crippen molar-refractivity contribution in [3.05, 3.63) is 66.2 Å². The van der Waals surface area contributed by atoms with Gasteiger partial charge in [0.05, 0.1) is 18.3 Å². The number of hydrogen-bond acceptors (Lipinski definition) is 2. The van der Waals surface area contributed by atoms with Crippen LogP contribution in [0.5, 0.6) is 0 Å². The molecule has 1 aromatic carbocycles. The molecule has 22 heavy (non-hydrogen) atoms. The predicted molar refractivity (Wildman–Crippen MR) is 87.5 cm³/mol. The van der Waals surface area contributed by atoms with Gasteiger partial charge < -0.3 is 0 Å². The molecule has 2 rings (SSSR count). The van der Waals surface area contributed by atoms with Gasteiger partial charge in [0.1, 0.15) is 5.83 Å². The fourth-order valence-corrected chi connectivity index (χ4v) is 2.20. The summed E-state index contributed by atoms with van der Waals surface area (Å²) < 4.78 is 14.6. The second-order valence-electron chi connectivity index (χ2n) is 5.00. The average Bonchev–Trinajstić information content (AvgIpc) is 2.92. The van der Waals surface area contributed by atoms with Crippen molar-refractivity contribution in [2.45, 2.75) is 26.8 Å². The van der Waals surface area contributed by atoms with Crippen molar-refractivity contribution in [3.8, 4) is 0 Å². The number of benzene rings is 1. The van der Waals surface area contributed by atoms with Crippen molar-refractivity contribution in [2.24, 2.45) is 0 Å². The van der Waals surface area contributed by atoms with Crippen molar-refractivity contribution in [1.29, 1.82) is 0 Å². The Bertz CT molecular complexity index is 768. The summed E-state index contributed by atoms with van der Waals surface area (Å²) >= 11 is 0. The van der Waals surface area contributed by atoms with Gasteiger partial charge in [-0.25, -0.2) is 4.39 Å². The summed E-state index contributed by atoms with van der Waals surface area (Å²) in [6, 6.07) is 5.58. The molecule has 0 amide bonds. The largest absolute Gasteiger partial charge is 0.294 e. The SMILES string of the molecule is C=C(F)/C=C\C(=C/C)Cn1ncc2cc(C(=O)CC)ccc21. The van der Waals surface area contributed by atoms with Gasteiger partial charge in [0.15, 0.2) is 5.78 Å². The van der Waals surface area contributed by atoms with Gasteiger partial charge in [-0.15, -0.1) is 0 Å². The van der Waals surface area contributed by atoms with E-state index in [9.17, 15) is 9.18 Å². The third-order valence-corrected chi connectivity index (χ3v) is 3.47. The molecule has 2 aromatic rings. The first kappa shape index (κ1) is 15.9. The van der Waals surface area contributed by atoms with E-state index in [0.717, 1.165) is 16.5 Å². The van der Waals surface area contributed by atoms with Gasteiger partial charge in [0, 0.05) is 17.4 Å². The molecule has 0 saturated heterocycles. The monoisotopic (exact) mass is 298 g/mol. The minimum absolute atomic E-state index is 0.119. The van der Waals surface area contributed by atoms with Crippen LogP contribution in [0.4, 0.5) is 4.39 Å². The third-order valence-electron chi connectivity index (χ3n) is 3.47. The van der Waals surface area contributed by atoms with Crippen molar-refractivity contribution >= 4 is 16.7 Å². The molecule has 0 aliphatic carbocycles. The lowest BCUT2D eigenvalue weighted by Crippen LogP contribution is -2.02. The Morgan fingerprint density at radius 2 is 2.18 bits per heavy atom. The number of fused-ring (bicyclic) bond motifs is 1. The second kappa shape index (κ2) is 6.98. The molecule has 0 radical (unpaired) electrons. The van der Waals surface area contributed by atoms with Gasteiger partial charge in [-0.1, -0.05) is 25.7 Å². The lowest BCUT2D eigenvalue weighted by atomic mass is 10.1. The maximum absolute atomic E-state index is 12.7. The van der Waals surface area contributed by atoms with E-state index in [1.165, 1.54) is 6.08 Å². The lowest BCUT2D eigenvalue weighted by Gasteiger charge is -2.05. The number of allylic oxidation sites excluding steroid dienone is 5. The summed E-state index contributed by atoms with van der Waals surface area (Å²) in [7, 11) is 0. The quantitative estimate of drug-likeness (QED) is 0.576. The Labute approximate surface area is 129 Å². The zero-order valence-corrected chi connectivity index (χ0v) is 12.8. The molecule has 0 aliphatic heterocycles. The van der Waals surface area contributed by atoms with E-state index >= 15 is 0 Å². The number of nitrogens with zero attached hydrogens (tertiary/aromatic N) is 2. The van der Waals surface area contributed by atoms with Crippen molar-refractivity contribution in [1.82, 2.24) is 9.78 Å². The fraction of sp³-hybridized carbons (Fsp3) is 0.222. The van der Waals surface area contributed by atoms with Gasteiger partial charge >= 0.3 is 0 Å². The molecule has 0 spiro atoms. The molecule has 3 nitrogen and oxygen atoms in total. The first-order valence-electron chi connectivity index (χ1n) is 7.21. The van der Waals surface area contributed by atoms with Gasteiger partial charge in [0.25, 0.3) is 0 Å². The highest BCUT2D eigenvalue weighted by atomic mass is 19.1. The van der Waals surface area contributed by atoms with E-state index in [0.29, 0.717) is 18.5 Å². The lowest BCUT2D eigenvalue weighted by molar-refractivity contribution is 0.0988. The van der Waals surface area contributed by atoms with Crippen LogP contribution in [0.3, 0.4) is 0 Å². The van der Waals surface area contributed by atoms with Crippen LogP contribution in [-0.2, 0) is 6.54 Å². The van der Waals surface area contributed by atoms with Crippen molar-refractivity contribution in [2.75, 3.05) is 0 Å². The van der Waals surface area contributed by atoms with E-state index in [1.807, 2.05) is 42.8 Å². The Morgan fingerprint density at radius 1 is 1.41 bits per heavy atom. The molecule has 0 atom stereocenters. The summed E-state index contributed by atoms with van der Waals surface area (Å²) in [4.78, 5) is 11.7. The third kappa shape index (κ3) is 3.58.